The summed E-state index contributed by atoms with van der Waals surface area (Å²) in [4.78, 5) is 20.6. The Morgan fingerprint density at radius 2 is 2.00 bits per heavy atom. The highest BCUT2D eigenvalue weighted by Crippen LogP contribution is 2.33. The lowest BCUT2D eigenvalue weighted by molar-refractivity contribution is -0.274. The van der Waals surface area contributed by atoms with Crippen LogP contribution in [0.4, 0.5) is 19.0 Å². The van der Waals surface area contributed by atoms with Gasteiger partial charge in [0.05, 0.1) is 29.4 Å². The molecular weight excluding hydrogens is 449 g/mol. The first-order valence-corrected chi connectivity index (χ1v) is 10.5. The van der Waals surface area contributed by atoms with E-state index in [2.05, 4.69) is 21.4 Å². The van der Waals surface area contributed by atoms with Crippen LogP contribution < -0.4 is 9.64 Å². The second kappa shape index (κ2) is 9.05. The van der Waals surface area contributed by atoms with Crippen molar-refractivity contribution < 1.29 is 22.7 Å². The standard InChI is InChI=1S/C23H21F3N6O2/c1-3-15(2)22(33)31-8-6-30(7-9-31)20-5-4-16(12-28-20)19-10-18(34-23(24,25)26)14-32-21(19)17(11-27)13-29-32/h3-5,10,12-15H,1,6-9H2,2H3. The number of hydrogen-bond donors (Lipinski definition) is 0. The summed E-state index contributed by atoms with van der Waals surface area (Å²) in [6, 6.07) is 6.70. The Balaban J connectivity index is 1.59. The molecule has 1 atom stereocenters. The third-order valence-electron chi connectivity index (χ3n) is 5.66. The van der Waals surface area contributed by atoms with E-state index < -0.39 is 12.1 Å². The van der Waals surface area contributed by atoms with Gasteiger partial charge in [0.15, 0.2) is 0 Å². The van der Waals surface area contributed by atoms with Crippen LogP contribution in [0.5, 0.6) is 5.75 Å². The van der Waals surface area contributed by atoms with Crippen molar-refractivity contribution in [3.63, 3.8) is 0 Å². The van der Waals surface area contributed by atoms with E-state index in [-0.39, 0.29) is 17.4 Å². The molecule has 8 nitrogen and oxygen atoms in total. The Kier molecular flexibility index (Phi) is 6.15. The van der Waals surface area contributed by atoms with Gasteiger partial charge in [-0.25, -0.2) is 9.50 Å². The number of fused-ring (bicyclic) bond motifs is 1. The maximum atomic E-state index is 12.8. The molecule has 0 spiro atoms. The number of carbonyl (C=O) groups excluding carboxylic acids is 1. The number of hydrogen-bond acceptors (Lipinski definition) is 6. The molecule has 3 aromatic heterocycles. The fourth-order valence-corrected chi connectivity index (χ4v) is 3.87. The molecule has 1 saturated heterocycles. The molecule has 4 heterocycles. The second-order valence-corrected chi connectivity index (χ2v) is 7.84. The Bertz CT molecular complexity index is 1250. The van der Waals surface area contributed by atoms with E-state index in [9.17, 15) is 23.2 Å². The summed E-state index contributed by atoms with van der Waals surface area (Å²) in [6.45, 7) is 7.79. The van der Waals surface area contributed by atoms with Crippen LogP contribution in [-0.4, -0.2) is 57.9 Å². The molecule has 1 unspecified atom stereocenters. The van der Waals surface area contributed by atoms with Crippen LogP contribution >= 0.6 is 0 Å². The first-order chi connectivity index (χ1) is 16.2. The lowest BCUT2D eigenvalue weighted by atomic mass is 10.1. The molecule has 1 amide bonds. The van der Waals surface area contributed by atoms with Crippen LogP contribution in [0, 0.1) is 17.2 Å². The zero-order valence-corrected chi connectivity index (χ0v) is 18.3. The Hall–Kier alpha value is -4.07. The SMILES string of the molecule is C=CC(C)C(=O)N1CCN(c2ccc(-c3cc(OC(F)(F)F)cn4ncc(C#N)c34)cn2)CC1. The third-order valence-corrected chi connectivity index (χ3v) is 5.66. The van der Waals surface area contributed by atoms with Gasteiger partial charge in [0.25, 0.3) is 0 Å². The van der Waals surface area contributed by atoms with Crippen LogP contribution in [0.25, 0.3) is 16.6 Å². The molecule has 0 bridgehead atoms. The molecule has 11 heteroatoms. The van der Waals surface area contributed by atoms with Crippen molar-refractivity contribution in [2.24, 2.45) is 5.92 Å². The maximum absolute atomic E-state index is 12.8. The minimum Gasteiger partial charge on any atom is -0.404 e. The highest BCUT2D eigenvalue weighted by molar-refractivity contribution is 5.85. The topological polar surface area (TPSA) is 86.8 Å². The Morgan fingerprint density at radius 3 is 2.59 bits per heavy atom. The summed E-state index contributed by atoms with van der Waals surface area (Å²) in [5.74, 6) is 0.0262. The van der Waals surface area contributed by atoms with E-state index in [0.29, 0.717) is 48.6 Å². The summed E-state index contributed by atoms with van der Waals surface area (Å²) in [6.07, 6.45) is 0.646. The number of alkyl halides is 3. The van der Waals surface area contributed by atoms with Crippen LogP contribution in [0.1, 0.15) is 12.5 Å². The Labute approximate surface area is 193 Å². The second-order valence-electron chi connectivity index (χ2n) is 7.84. The molecule has 0 N–H and O–H groups in total. The molecule has 0 aliphatic carbocycles. The molecule has 4 rings (SSSR count). The maximum Gasteiger partial charge on any atom is 0.573 e. The van der Waals surface area contributed by atoms with Crippen LogP contribution in [-0.2, 0) is 4.79 Å². The molecule has 1 aliphatic rings. The van der Waals surface area contributed by atoms with Crippen molar-refractivity contribution >= 4 is 17.2 Å². The fraction of sp³-hybridized carbons (Fsp3) is 0.304. The summed E-state index contributed by atoms with van der Waals surface area (Å²) in [7, 11) is 0. The van der Waals surface area contributed by atoms with Gasteiger partial charge in [0.2, 0.25) is 5.91 Å². The summed E-state index contributed by atoms with van der Waals surface area (Å²) in [5, 5.41) is 13.4. The molecule has 3 aromatic rings. The van der Waals surface area contributed by atoms with E-state index in [4.69, 9.17) is 0 Å². The molecule has 34 heavy (non-hydrogen) atoms. The number of ether oxygens (including phenoxy) is 1. The van der Waals surface area contributed by atoms with Gasteiger partial charge in [-0.1, -0.05) is 13.0 Å². The third kappa shape index (κ3) is 4.66. The van der Waals surface area contributed by atoms with Crippen LogP contribution in [0.3, 0.4) is 0 Å². The summed E-state index contributed by atoms with van der Waals surface area (Å²) >= 11 is 0. The van der Waals surface area contributed by atoms with Gasteiger partial charge >= 0.3 is 6.36 Å². The highest BCUT2D eigenvalue weighted by Gasteiger charge is 2.32. The zero-order chi connectivity index (χ0) is 24.5. The van der Waals surface area contributed by atoms with Crippen molar-refractivity contribution in [2.45, 2.75) is 13.3 Å². The van der Waals surface area contributed by atoms with Crippen molar-refractivity contribution in [1.82, 2.24) is 19.5 Å². The smallest absolute Gasteiger partial charge is 0.404 e. The van der Waals surface area contributed by atoms with Crippen molar-refractivity contribution in [2.75, 3.05) is 31.1 Å². The Morgan fingerprint density at radius 1 is 1.26 bits per heavy atom. The number of pyridine rings is 2. The van der Waals surface area contributed by atoms with Crippen molar-refractivity contribution in [3.8, 4) is 22.9 Å². The van der Waals surface area contributed by atoms with E-state index in [1.165, 1.54) is 23.0 Å². The molecule has 1 aliphatic heterocycles. The van der Waals surface area contributed by atoms with E-state index >= 15 is 0 Å². The van der Waals surface area contributed by atoms with Crippen LogP contribution in [0.2, 0.25) is 0 Å². The van der Waals surface area contributed by atoms with E-state index in [1.54, 1.807) is 23.1 Å². The molecular formula is C23H21F3N6O2. The van der Waals surface area contributed by atoms with Gasteiger partial charge in [0, 0.05) is 43.5 Å². The normalized spacial score (nSPS) is 15.1. The first kappa shape index (κ1) is 23.1. The predicted molar refractivity (Wildman–Crippen MR) is 118 cm³/mol. The van der Waals surface area contributed by atoms with E-state index in [1.807, 2.05) is 17.9 Å². The predicted octanol–water partition coefficient (Wildman–Crippen LogP) is 3.64. The molecule has 176 valence electrons. The minimum atomic E-state index is -4.87. The largest absolute Gasteiger partial charge is 0.573 e. The summed E-state index contributed by atoms with van der Waals surface area (Å²) < 4.78 is 43.6. The quantitative estimate of drug-likeness (QED) is 0.530. The number of nitriles is 1. The first-order valence-electron chi connectivity index (χ1n) is 10.5. The number of carbonyl (C=O) groups is 1. The van der Waals surface area contributed by atoms with Crippen molar-refractivity contribution in [1.29, 1.82) is 5.26 Å². The minimum absolute atomic E-state index is 0.0389. The average molecular weight is 470 g/mol. The number of nitrogens with zero attached hydrogens (tertiary/aromatic N) is 6. The van der Waals surface area contributed by atoms with Gasteiger partial charge in [-0.15, -0.1) is 19.8 Å². The molecule has 0 radical (unpaired) electrons. The highest BCUT2D eigenvalue weighted by atomic mass is 19.4. The van der Waals surface area contributed by atoms with E-state index in [0.717, 1.165) is 6.20 Å². The number of rotatable bonds is 5. The van der Waals surface area contributed by atoms with Crippen molar-refractivity contribution in [3.05, 3.63) is 55.0 Å². The van der Waals surface area contributed by atoms with Gasteiger partial charge in [-0.3, -0.25) is 4.79 Å². The van der Waals surface area contributed by atoms with Gasteiger partial charge in [0.1, 0.15) is 17.6 Å². The number of anilines is 1. The zero-order valence-electron chi connectivity index (χ0n) is 18.3. The van der Waals surface area contributed by atoms with Gasteiger partial charge in [-0.2, -0.15) is 10.4 Å². The number of halogens is 3. The summed E-state index contributed by atoms with van der Waals surface area (Å²) in [5.41, 5.74) is 1.41. The van der Waals surface area contributed by atoms with Gasteiger partial charge < -0.3 is 14.5 Å². The van der Waals surface area contributed by atoms with Gasteiger partial charge in [-0.05, 0) is 18.2 Å². The number of piperazine rings is 1. The number of aromatic nitrogens is 3. The monoisotopic (exact) mass is 470 g/mol. The van der Waals surface area contributed by atoms with Crippen LogP contribution in [0.15, 0.2) is 49.4 Å². The lowest BCUT2D eigenvalue weighted by Gasteiger charge is -2.36. The fourth-order valence-electron chi connectivity index (χ4n) is 3.87. The average Bonchev–Trinajstić information content (AvgIpc) is 3.25. The molecule has 0 saturated carbocycles. The number of amides is 1. The lowest BCUT2D eigenvalue weighted by Crippen LogP contribution is -2.50. The molecule has 0 aromatic carbocycles. The molecule has 1 fully saturated rings.